The van der Waals surface area contributed by atoms with Crippen molar-refractivity contribution in [3.63, 3.8) is 0 Å². The van der Waals surface area contributed by atoms with Crippen LogP contribution in [0.15, 0.2) is 66.7 Å². The number of hydrogen-bond donors (Lipinski definition) is 1. The zero-order chi connectivity index (χ0) is 27.4. The first-order valence-electron chi connectivity index (χ1n) is 12.7. The van der Waals surface area contributed by atoms with Gasteiger partial charge in [-0.2, -0.15) is 0 Å². The molecule has 1 atom stereocenters. The Morgan fingerprint density at radius 3 is 2.50 bits per heavy atom. The number of aryl methyl sites for hydroxylation is 1. The zero-order valence-electron chi connectivity index (χ0n) is 21.8. The number of fused-ring (bicyclic) bond motifs is 1. The normalized spacial score (nSPS) is 12.2. The molecule has 198 valence electrons. The van der Waals surface area contributed by atoms with E-state index in [9.17, 15) is 19.3 Å². The van der Waals surface area contributed by atoms with Crippen LogP contribution < -0.4 is 5.73 Å². The van der Waals surface area contributed by atoms with Crippen LogP contribution >= 0.6 is 0 Å². The molecular formula is C29H32FN5O3. The summed E-state index contributed by atoms with van der Waals surface area (Å²) in [5.41, 5.74) is 9.63. The number of hydrogen-bond acceptors (Lipinski definition) is 5. The SMILES string of the molecule is Cc1ccc2c(c1)nc([C@@H](C(C)C)N(CCCN)C(=O)c1ccc([N+](=O)[O-])cc1)n2Cc1cccc(F)c1. The summed E-state index contributed by atoms with van der Waals surface area (Å²) >= 11 is 0. The Morgan fingerprint density at radius 1 is 1.13 bits per heavy atom. The molecule has 4 rings (SSSR count). The van der Waals surface area contributed by atoms with Gasteiger partial charge in [-0.3, -0.25) is 14.9 Å². The van der Waals surface area contributed by atoms with E-state index in [0.717, 1.165) is 22.2 Å². The fourth-order valence-electron chi connectivity index (χ4n) is 4.79. The van der Waals surface area contributed by atoms with E-state index < -0.39 is 11.0 Å². The Morgan fingerprint density at radius 2 is 1.87 bits per heavy atom. The molecule has 8 nitrogen and oxygen atoms in total. The maximum Gasteiger partial charge on any atom is 0.269 e. The first-order valence-corrected chi connectivity index (χ1v) is 12.7. The Bertz CT molecular complexity index is 1450. The molecule has 0 aliphatic rings. The molecule has 1 amide bonds. The minimum Gasteiger partial charge on any atom is -0.330 e. The van der Waals surface area contributed by atoms with Crippen LogP contribution in [0.3, 0.4) is 0 Å². The number of carbonyl (C=O) groups excluding carboxylic acids is 1. The number of benzene rings is 3. The van der Waals surface area contributed by atoms with Crippen LogP contribution in [0.25, 0.3) is 11.0 Å². The topological polar surface area (TPSA) is 107 Å². The molecule has 9 heteroatoms. The van der Waals surface area contributed by atoms with E-state index in [0.29, 0.717) is 37.4 Å². The van der Waals surface area contributed by atoms with Crippen LogP contribution in [0.2, 0.25) is 0 Å². The van der Waals surface area contributed by atoms with Gasteiger partial charge in [-0.25, -0.2) is 9.37 Å². The minimum atomic E-state index is -0.492. The van der Waals surface area contributed by atoms with Gasteiger partial charge in [0.2, 0.25) is 0 Å². The van der Waals surface area contributed by atoms with E-state index in [1.54, 1.807) is 11.0 Å². The Hall–Kier alpha value is -4.11. The molecule has 4 aromatic rings. The lowest BCUT2D eigenvalue weighted by Gasteiger charge is -2.34. The van der Waals surface area contributed by atoms with Gasteiger partial charge in [-0.05, 0) is 73.3 Å². The predicted molar refractivity (Wildman–Crippen MR) is 145 cm³/mol. The molecule has 0 aliphatic carbocycles. The molecular weight excluding hydrogens is 485 g/mol. The van der Waals surface area contributed by atoms with Gasteiger partial charge in [0.05, 0.1) is 22.0 Å². The molecule has 1 aromatic heterocycles. The summed E-state index contributed by atoms with van der Waals surface area (Å²) in [6.07, 6.45) is 0.575. The first-order chi connectivity index (χ1) is 18.2. The van der Waals surface area contributed by atoms with Crippen LogP contribution in [0.4, 0.5) is 10.1 Å². The Labute approximate surface area is 221 Å². The summed E-state index contributed by atoms with van der Waals surface area (Å²) in [6, 6.07) is 17.7. The number of halogens is 1. The molecule has 0 fully saturated rings. The van der Waals surface area contributed by atoms with Crippen LogP contribution in [0.1, 0.15) is 53.6 Å². The van der Waals surface area contributed by atoms with Gasteiger partial charge in [0.1, 0.15) is 11.6 Å². The first kappa shape index (κ1) is 26.9. The lowest BCUT2D eigenvalue weighted by molar-refractivity contribution is -0.384. The fraction of sp³-hybridized carbons (Fsp3) is 0.310. The number of carbonyl (C=O) groups is 1. The zero-order valence-corrected chi connectivity index (χ0v) is 21.8. The van der Waals surface area contributed by atoms with Crippen molar-refractivity contribution in [2.45, 2.75) is 39.8 Å². The number of amides is 1. The standard InChI is InChI=1S/C29H32FN5O3/c1-19(2)27(33(15-5-14-31)29(36)22-9-11-24(12-10-22)35(37)38)28-32-25-16-20(3)8-13-26(25)34(28)18-21-6-4-7-23(30)17-21/h4,6-13,16-17,19,27H,5,14-15,18,31H2,1-3H3/t27-/m1/s1. The van der Waals surface area contributed by atoms with Crippen molar-refractivity contribution in [2.75, 3.05) is 13.1 Å². The highest BCUT2D eigenvalue weighted by Gasteiger charge is 2.33. The van der Waals surface area contributed by atoms with Crippen LogP contribution in [0.5, 0.6) is 0 Å². The Kier molecular flexibility index (Phi) is 8.16. The van der Waals surface area contributed by atoms with Crippen molar-refractivity contribution in [1.29, 1.82) is 0 Å². The number of non-ortho nitro benzene ring substituents is 1. The second-order valence-corrected chi connectivity index (χ2v) is 9.81. The second kappa shape index (κ2) is 11.5. The fourth-order valence-corrected chi connectivity index (χ4v) is 4.79. The maximum atomic E-state index is 14.1. The maximum absolute atomic E-state index is 14.1. The summed E-state index contributed by atoms with van der Waals surface area (Å²) in [4.78, 5) is 31.3. The summed E-state index contributed by atoms with van der Waals surface area (Å²) < 4.78 is 16.1. The highest BCUT2D eigenvalue weighted by atomic mass is 19.1. The van der Waals surface area contributed by atoms with E-state index in [2.05, 4.69) is 0 Å². The van der Waals surface area contributed by atoms with Crippen molar-refractivity contribution in [3.8, 4) is 0 Å². The highest BCUT2D eigenvalue weighted by Crippen LogP contribution is 2.33. The van der Waals surface area contributed by atoms with E-state index in [1.165, 1.54) is 36.4 Å². The molecule has 1 heterocycles. The average molecular weight is 518 g/mol. The number of rotatable bonds is 10. The average Bonchev–Trinajstić information content (AvgIpc) is 3.22. The number of nitro benzene ring substituents is 1. The lowest BCUT2D eigenvalue weighted by Crippen LogP contribution is -2.40. The third-order valence-electron chi connectivity index (χ3n) is 6.58. The smallest absolute Gasteiger partial charge is 0.269 e. The minimum absolute atomic E-state index is 0.0288. The third-order valence-corrected chi connectivity index (χ3v) is 6.58. The number of nitrogens with two attached hydrogens (primary N) is 1. The summed E-state index contributed by atoms with van der Waals surface area (Å²) in [5, 5.41) is 11.1. The molecule has 0 unspecified atom stereocenters. The van der Waals surface area contributed by atoms with Crippen LogP contribution in [-0.2, 0) is 6.54 Å². The Balaban J connectivity index is 1.84. The van der Waals surface area contributed by atoms with Gasteiger partial charge in [0, 0.05) is 30.8 Å². The number of imidazole rings is 1. The largest absolute Gasteiger partial charge is 0.330 e. The van der Waals surface area contributed by atoms with Gasteiger partial charge < -0.3 is 15.2 Å². The van der Waals surface area contributed by atoms with E-state index >= 15 is 0 Å². The van der Waals surface area contributed by atoms with Gasteiger partial charge >= 0.3 is 0 Å². The van der Waals surface area contributed by atoms with Crippen molar-refractivity contribution in [1.82, 2.24) is 14.5 Å². The van der Waals surface area contributed by atoms with E-state index in [-0.39, 0.29) is 23.3 Å². The molecule has 0 radical (unpaired) electrons. The van der Waals surface area contributed by atoms with Crippen LogP contribution in [-0.4, -0.2) is 38.4 Å². The number of nitro groups is 1. The van der Waals surface area contributed by atoms with Gasteiger partial charge in [-0.1, -0.05) is 32.0 Å². The van der Waals surface area contributed by atoms with Gasteiger partial charge in [0.25, 0.3) is 11.6 Å². The molecule has 0 spiro atoms. The van der Waals surface area contributed by atoms with E-state index in [1.807, 2.05) is 49.6 Å². The lowest BCUT2D eigenvalue weighted by atomic mass is 9.99. The molecule has 0 saturated heterocycles. The molecule has 3 aromatic carbocycles. The highest BCUT2D eigenvalue weighted by molar-refractivity contribution is 5.94. The number of nitrogens with zero attached hydrogens (tertiary/aromatic N) is 4. The van der Waals surface area contributed by atoms with Crippen LogP contribution in [0, 0.1) is 28.8 Å². The van der Waals surface area contributed by atoms with Crippen molar-refractivity contribution in [3.05, 3.63) is 105 Å². The second-order valence-electron chi connectivity index (χ2n) is 9.81. The molecule has 2 N–H and O–H groups in total. The van der Waals surface area contributed by atoms with Crippen molar-refractivity contribution in [2.24, 2.45) is 11.7 Å². The van der Waals surface area contributed by atoms with Crippen molar-refractivity contribution < 1.29 is 14.1 Å². The summed E-state index contributed by atoms with van der Waals surface area (Å²) in [5.74, 6) is 0.0892. The van der Waals surface area contributed by atoms with Crippen molar-refractivity contribution >= 4 is 22.6 Å². The molecule has 0 bridgehead atoms. The number of aromatic nitrogens is 2. The van der Waals surface area contributed by atoms with Gasteiger partial charge in [-0.15, -0.1) is 0 Å². The quantitative estimate of drug-likeness (QED) is 0.217. The predicted octanol–water partition coefficient (Wildman–Crippen LogP) is 5.63. The monoisotopic (exact) mass is 517 g/mol. The summed E-state index contributed by atoms with van der Waals surface area (Å²) in [6.45, 7) is 7.22. The van der Waals surface area contributed by atoms with E-state index in [4.69, 9.17) is 10.7 Å². The third kappa shape index (κ3) is 5.73. The van der Waals surface area contributed by atoms with Gasteiger partial charge in [0.15, 0.2) is 0 Å². The molecule has 38 heavy (non-hydrogen) atoms. The molecule has 0 aliphatic heterocycles. The molecule has 0 saturated carbocycles. The summed E-state index contributed by atoms with van der Waals surface area (Å²) in [7, 11) is 0.